The monoisotopic (exact) mass is 202 g/mol. The molecule has 1 heterocycles. The molecule has 0 aromatic rings. The summed E-state index contributed by atoms with van der Waals surface area (Å²) in [6.07, 6.45) is -0.708. The van der Waals surface area contributed by atoms with Crippen LogP contribution in [0.1, 0.15) is 13.8 Å². The molecule has 0 radical (unpaired) electrons. The average molecular weight is 202 g/mol. The zero-order valence-corrected chi connectivity index (χ0v) is 8.28. The standard InChI is InChI=1S/C8H14N2O4/c1-3-13-8(12)9-7(11)10-4-6(2)14-5-10/h6H,3-5H2,1-2H3,(H,9,11,12). The van der Waals surface area contributed by atoms with Crippen molar-refractivity contribution in [2.75, 3.05) is 19.9 Å². The molecule has 0 aromatic carbocycles. The number of alkyl carbamates (subject to hydrolysis) is 1. The lowest BCUT2D eigenvalue weighted by Crippen LogP contribution is -2.42. The van der Waals surface area contributed by atoms with Crippen LogP contribution in [0.25, 0.3) is 0 Å². The predicted octanol–water partition coefficient (Wildman–Crippen LogP) is 0.531. The number of imide groups is 1. The zero-order valence-electron chi connectivity index (χ0n) is 8.28. The van der Waals surface area contributed by atoms with Gasteiger partial charge in [0.1, 0.15) is 6.73 Å². The van der Waals surface area contributed by atoms with E-state index in [1.807, 2.05) is 6.92 Å². The van der Waals surface area contributed by atoms with Crippen LogP contribution in [0.5, 0.6) is 0 Å². The summed E-state index contributed by atoms with van der Waals surface area (Å²) in [6.45, 7) is 4.48. The molecule has 6 nitrogen and oxygen atoms in total. The lowest BCUT2D eigenvalue weighted by molar-refractivity contribution is 0.103. The fraction of sp³-hybridized carbons (Fsp3) is 0.750. The van der Waals surface area contributed by atoms with Crippen molar-refractivity contribution in [3.05, 3.63) is 0 Å². The highest BCUT2D eigenvalue weighted by molar-refractivity contribution is 5.90. The smallest absolute Gasteiger partial charge is 0.415 e. The molecule has 1 unspecified atom stereocenters. The number of ether oxygens (including phenoxy) is 2. The third-order valence-corrected chi connectivity index (χ3v) is 1.76. The molecule has 1 fully saturated rings. The molecule has 14 heavy (non-hydrogen) atoms. The summed E-state index contributed by atoms with van der Waals surface area (Å²) in [5.41, 5.74) is 0. The summed E-state index contributed by atoms with van der Waals surface area (Å²) in [6, 6.07) is -0.479. The highest BCUT2D eigenvalue weighted by Crippen LogP contribution is 2.06. The summed E-state index contributed by atoms with van der Waals surface area (Å²) >= 11 is 0. The Kier molecular flexibility index (Phi) is 3.70. The molecule has 1 N–H and O–H groups in total. The van der Waals surface area contributed by atoms with Gasteiger partial charge in [0.15, 0.2) is 0 Å². The number of hydrogen-bond donors (Lipinski definition) is 1. The second kappa shape index (κ2) is 4.80. The van der Waals surface area contributed by atoms with Gasteiger partial charge < -0.3 is 9.47 Å². The Balaban J connectivity index is 2.31. The van der Waals surface area contributed by atoms with Crippen molar-refractivity contribution in [2.45, 2.75) is 20.0 Å². The van der Waals surface area contributed by atoms with Crippen molar-refractivity contribution in [3.63, 3.8) is 0 Å². The minimum Gasteiger partial charge on any atom is -0.450 e. The maximum atomic E-state index is 11.3. The van der Waals surface area contributed by atoms with Gasteiger partial charge in [0.2, 0.25) is 0 Å². The van der Waals surface area contributed by atoms with Gasteiger partial charge in [0.05, 0.1) is 19.3 Å². The first-order valence-electron chi connectivity index (χ1n) is 4.47. The van der Waals surface area contributed by atoms with Crippen LogP contribution in [-0.2, 0) is 9.47 Å². The molecule has 1 atom stereocenters. The molecule has 1 aliphatic rings. The maximum Gasteiger partial charge on any atom is 0.415 e. The van der Waals surface area contributed by atoms with Crippen LogP contribution in [0.4, 0.5) is 9.59 Å². The van der Waals surface area contributed by atoms with E-state index in [9.17, 15) is 9.59 Å². The number of amides is 3. The summed E-state index contributed by atoms with van der Waals surface area (Å²) < 4.78 is 9.70. The van der Waals surface area contributed by atoms with Gasteiger partial charge in [0, 0.05) is 0 Å². The number of carbonyl (C=O) groups excluding carboxylic acids is 2. The molecule has 0 bridgehead atoms. The summed E-state index contributed by atoms with van der Waals surface area (Å²) in [5, 5.41) is 2.09. The van der Waals surface area contributed by atoms with E-state index in [0.29, 0.717) is 6.54 Å². The van der Waals surface area contributed by atoms with E-state index in [1.54, 1.807) is 6.92 Å². The van der Waals surface area contributed by atoms with Gasteiger partial charge in [-0.2, -0.15) is 0 Å². The van der Waals surface area contributed by atoms with Crippen molar-refractivity contribution < 1.29 is 19.1 Å². The number of rotatable bonds is 1. The van der Waals surface area contributed by atoms with E-state index in [-0.39, 0.29) is 19.4 Å². The Hall–Kier alpha value is -1.30. The Bertz CT molecular complexity index is 231. The molecule has 1 rings (SSSR count). The minimum absolute atomic E-state index is 0.0166. The normalized spacial score (nSPS) is 20.7. The van der Waals surface area contributed by atoms with E-state index in [0.717, 1.165) is 0 Å². The van der Waals surface area contributed by atoms with Gasteiger partial charge >= 0.3 is 12.1 Å². The Morgan fingerprint density at radius 3 is 2.86 bits per heavy atom. The van der Waals surface area contributed by atoms with Crippen LogP contribution in [-0.4, -0.2) is 43.0 Å². The topological polar surface area (TPSA) is 67.9 Å². The largest absolute Gasteiger partial charge is 0.450 e. The van der Waals surface area contributed by atoms with Gasteiger partial charge in [-0.15, -0.1) is 0 Å². The van der Waals surface area contributed by atoms with Crippen molar-refractivity contribution in [1.82, 2.24) is 10.2 Å². The molecule has 0 aromatic heterocycles. The molecule has 6 heteroatoms. The van der Waals surface area contributed by atoms with E-state index in [2.05, 4.69) is 10.1 Å². The minimum atomic E-state index is -0.725. The lowest BCUT2D eigenvalue weighted by atomic mass is 10.4. The number of hydrogen-bond acceptors (Lipinski definition) is 4. The molecule has 80 valence electrons. The van der Waals surface area contributed by atoms with E-state index in [1.165, 1.54) is 4.90 Å². The van der Waals surface area contributed by atoms with Crippen LogP contribution in [0.15, 0.2) is 0 Å². The number of nitrogens with one attached hydrogen (secondary N) is 1. The number of carbonyl (C=O) groups is 2. The van der Waals surface area contributed by atoms with E-state index in [4.69, 9.17) is 4.74 Å². The van der Waals surface area contributed by atoms with Crippen LogP contribution in [0, 0.1) is 0 Å². The molecule has 0 spiro atoms. The highest BCUT2D eigenvalue weighted by atomic mass is 16.5. The molecule has 3 amide bonds. The third-order valence-electron chi connectivity index (χ3n) is 1.76. The van der Waals surface area contributed by atoms with Gasteiger partial charge in [-0.05, 0) is 13.8 Å². The van der Waals surface area contributed by atoms with Crippen LogP contribution in [0.2, 0.25) is 0 Å². The van der Waals surface area contributed by atoms with E-state index < -0.39 is 12.1 Å². The molecular formula is C8H14N2O4. The second-order valence-corrected chi connectivity index (χ2v) is 2.98. The third kappa shape index (κ3) is 2.88. The summed E-state index contributed by atoms with van der Waals surface area (Å²) in [7, 11) is 0. The first-order chi connectivity index (χ1) is 6.63. The van der Waals surface area contributed by atoms with Gasteiger partial charge in [-0.3, -0.25) is 4.90 Å². The fourth-order valence-corrected chi connectivity index (χ4v) is 1.11. The molecular weight excluding hydrogens is 188 g/mol. The second-order valence-electron chi connectivity index (χ2n) is 2.98. The number of nitrogens with zero attached hydrogens (tertiary/aromatic N) is 1. The molecule has 1 aliphatic heterocycles. The lowest BCUT2D eigenvalue weighted by Gasteiger charge is -2.13. The molecule has 0 saturated carbocycles. The van der Waals surface area contributed by atoms with Crippen LogP contribution in [0.3, 0.4) is 0 Å². The van der Waals surface area contributed by atoms with Crippen molar-refractivity contribution in [1.29, 1.82) is 0 Å². The number of urea groups is 1. The van der Waals surface area contributed by atoms with Gasteiger partial charge in [-0.1, -0.05) is 0 Å². The fourth-order valence-electron chi connectivity index (χ4n) is 1.11. The molecule has 1 saturated heterocycles. The van der Waals surface area contributed by atoms with Crippen molar-refractivity contribution >= 4 is 12.1 Å². The quantitative estimate of drug-likeness (QED) is 0.673. The Morgan fingerprint density at radius 1 is 1.64 bits per heavy atom. The van der Waals surface area contributed by atoms with Gasteiger partial charge in [0.25, 0.3) is 0 Å². The first kappa shape index (κ1) is 10.8. The summed E-state index contributed by atoms with van der Waals surface area (Å²) in [5.74, 6) is 0. The highest BCUT2D eigenvalue weighted by Gasteiger charge is 2.25. The Morgan fingerprint density at radius 2 is 2.36 bits per heavy atom. The van der Waals surface area contributed by atoms with E-state index >= 15 is 0 Å². The summed E-state index contributed by atoms with van der Waals surface area (Å²) in [4.78, 5) is 23.6. The predicted molar refractivity (Wildman–Crippen MR) is 47.7 cm³/mol. The first-order valence-corrected chi connectivity index (χ1v) is 4.47. The van der Waals surface area contributed by atoms with Crippen molar-refractivity contribution in [2.24, 2.45) is 0 Å². The van der Waals surface area contributed by atoms with Gasteiger partial charge in [-0.25, -0.2) is 14.9 Å². The average Bonchev–Trinajstić information content (AvgIpc) is 2.52. The van der Waals surface area contributed by atoms with Crippen LogP contribution >= 0.6 is 0 Å². The van der Waals surface area contributed by atoms with Crippen molar-refractivity contribution in [3.8, 4) is 0 Å². The maximum absolute atomic E-state index is 11.3. The zero-order chi connectivity index (χ0) is 10.6. The van der Waals surface area contributed by atoms with Crippen LogP contribution < -0.4 is 5.32 Å². The molecule has 0 aliphatic carbocycles. The SMILES string of the molecule is CCOC(=O)NC(=O)N1COC(C)C1. The Labute approximate surface area is 82.1 Å².